The average molecular weight is 332 g/mol. The van der Waals surface area contributed by atoms with E-state index in [1.807, 2.05) is 18.2 Å². The van der Waals surface area contributed by atoms with Crippen LogP contribution in [-0.4, -0.2) is 11.4 Å². The first kappa shape index (κ1) is 14.4. The smallest absolute Gasteiger partial charge is 0.0939 e. The summed E-state index contributed by atoms with van der Waals surface area (Å²) < 4.78 is 6.25. The number of ether oxygens (including phenoxy) is 1. The van der Waals surface area contributed by atoms with Crippen LogP contribution in [-0.2, 0) is 4.74 Å². The lowest BCUT2D eigenvalue weighted by molar-refractivity contribution is -0.0290. The molecule has 0 heterocycles. The Kier molecular flexibility index (Phi) is 5.53. The SMILES string of the molecule is CC1CCCC(OC(CBr)c2ccccc2Cl)C1. The number of hydrogen-bond acceptors (Lipinski definition) is 1. The van der Waals surface area contributed by atoms with E-state index in [2.05, 4.69) is 28.9 Å². The molecular formula is C15H20BrClO. The fourth-order valence-electron chi connectivity index (χ4n) is 2.66. The second-order valence-electron chi connectivity index (χ2n) is 5.19. The van der Waals surface area contributed by atoms with Crippen LogP contribution in [0.4, 0.5) is 0 Å². The number of halogens is 2. The first-order valence-electron chi connectivity index (χ1n) is 6.66. The Morgan fingerprint density at radius 3 is 2.83 bits per heavy atom. The topological polar surface area (TPSA) is 9.23 Å². The second-order valence-corrected chi connectivity index (χ2v) is 6.25. The lowest BCUT2D eigenvalue weighted by atomic mass is 9.88. The average Bonchev–Trinajstić information content (AvgIpc) is 2.37. The van der Waals surface area contributed by atoms with Gasteiger partial charge in [-0.25, -0.2) is 0 Å². The van der Waals surface area contributed by atoms with Crippen LogP contribution in [0, 0.1) is 5.92 Å². The minimum absolute atomic E-state index is 0.0639. The molecule has 2 rings (SSSR count). The van der Waals surface area contributed by atoms with Gasteiger partial charge < -0.3 is 4.74 Å². The quantitative estimate of drug-likeness (QED) is 0.674. The highest BCUT2D eigenvalue weighted by Gasteiger charge is 2.24. The van der Waals surface area contributed by atoms with Crippen molar-refractivity contribution in [1.82, 2.24) is 0 Å². The zero-order valence-electron chi connectivity index (χ0n) is 10.7. The van der Waals surface area contributed by atoms with E-state index in [1.165, 1.54) is 25.7 Å². The van der Waals surface area contributed by atoms with Crippen molar-refractivity contribution in [3.63, 3.8) is 0 Å². The molecular weight excluding hydrogens is 312 g/mol. The lowest BCUT2D eigenvalue weighted by Gasteiger charge is -2.30. The molecule has 1 nitrogen and oxygen atoms in total. The zero-order valence-corrected chi connectivity index (χ0v) is 13.1. The van der Waals surface area contributed by atoms with Gasteiger partial charge in [-0.05, 0) is 24.8 Å². The van der Waals surface area contributed by atoms with Gasteiger partial charge in [0.1, 0.15) is 0 Å². The Morgan fingerprint density at radius 1 is 1.39 bits per heavy atom. The Morgan fingerprint density at radius 2 is 2.17 bits per heavy atom. The molecule has 0 spiro atoms. The van der Waals surface area contributed by atoms with Crippen molar-refractivity contribution >= 4 is 27.5 Å². The van der Waals surface area contributed by atoms with Gasteiger partial charge in [0, 0.05) is 15.9 Å². The molecule has 1 saturated carbocycles. The van der Waals surface area contributed by atoms with Gasteiger partial charge in [0.25, 0.3) is 0 Å². The van der Waals surface area contributed by atoms with Crippen molar-refractivity contribution < 1.29 is 4.74 Å². The molecule has 0 N–H and O–H groups in total. The summed E-state index contributed by atoms with van der Waals surface area (Å²) in [5.41, 5.74) is 1.09. The monoisotopic (exact) mass is 330 g/mol. The van der Waals surface area contributed by atoms with Gasteiger partial charge in [-0.15, -0.1) is 0 Å². The Bertz CT molecular complexity index is 383. The van der Waals surface area contributed by atoms with Gasteiger partial charge in [0.05, 0.1) is 12.2 Å². The van der Waals surface area contributed by atoms with Crippen LogP contribution in [0.5, 0.6) is 0 Å². The van der Waals surface area contributed by atoms with Crippen molar-refractivity contribution in [3.8, 4) is 0 Å². The van der Waals surface area contributed by atoms with Crippen molar-refractivity contribution in [2.75, 3.05) is 5.33 Å². The molecule has 3 heteroatoms. The summed E-state index contributed by atoms with van der Waals surface area (Å²) in [6.45, 7) is 2.31. The molecule has 0 amide bonds. The van der Waals surface area contributed by atoms with Gasteiger partial charge in [-0.3, -0.25) is 0 Å². The fraction of sp³-hybridized carbons (Fsp3) is 0.600. The van der Waals surface area contributed by atoms with Crippen molar-refractivity contribution in [1.29, 1.82) is 0 Å². The van der Waals surface area contributed by atoms with E-state index in [0.29, 0.717) is 6.10 Å². The van der Waals surface area contributed by atoms with E-state index < -0.39 is 0 Å². The Labute approximate surface area is 123 Å². The minimum Gasteiger partial charge on any atom is -0.369 e. The predicted molar refractivity (Wildman–Crippen MR) is 80.5 cm³/mol. The molecule has 1 aromatic carbocycles. The second kappa shape index (κ2) is 6.93. The van der Waals surface area contributed by atoms with Crippen LogP contribution in [0.15, 0.2) is 24.3 Å². The third kappa shape index (κ3) is 3.72. The summed E-state index contributed by atoms with van der Waals surface area (Å²) >= 11 is 9.79. The molecule has 0 radical (unpaired) electrons. The van der Waals surface area contributed by atoms with Gasteiger partial charge in [0.2, 0.25) is 0 Å². The van der Waals surface area contributed by atoms with E-state index in [1.54, 1.807) is 0 Å². The molecule has 18 heavy (non-hydrogen) atoms. The van der Waals surface area contributed by atoms with Gasteiger partial charge in [0.15, 0.2) is 0 Å². The first-order valence-corrected chi connectivity index (χ1v) is 8.16. The third-order valence-corrected chi connectivity index (χ3v) is 4.57. The molecule has 1 aliphatic rings. The number of hydrogen-bond donors (Lipinski definition) is 0. The van der Waals surface area contributed by atoms with E-state index in [4.69, 9.17) is 16.3 Å². The predicted octanol–water partition coefficient (Wildman–Crippen LogP) is 5.37. The van der Waals surface area contributed by atoms with Crippen molar-refractivity contribution in [3.05, 3.63) is 34.9 Å². The third-order valence-electron chi connectivity index (χ3n) is 3.64. The van der Waals surface area contributed by atoms with Crippen molar-refractivity contribution in [2.45, 2.75) is 44.8 Å². The molecule has 3 atom stereocenters. The summed E-state index contributed by atoms with van der Waals surface area (Å²) in [5.74, 6) is 0.783. The van der Waals surface area contributed by atoms with E-state index >= 15 is 0 Å². The molecule has 1 aromatic rings. The minimum atomic E-state index is 0.0639. The van der Waals surface area contributed by atoms with Gasteiger partial charge in [-0.2, -0.15) is 0 Å². The molecule has 0 bridgehead atoms. The molecule has 0 aliphatic heterocycles. The number of benzene rings is 1. The maximum Gasteiger partial charge on any atom is 0.0939 e. The largest absolute Gasteiger partial charge is 0.369 e. The highest BCUT2D eigenvalue weighted by molar-refractivity contribution is 9.09. The summed E-state index contributed by atoms with van der Waals surface area (Å²) in [4.78, 5) is 0. The summed E-state index contributed by atoms with van der Waals surface area (Å²) in [6, 6.07) is 7.96. The maximum absolute atomic E-state index is 6.25. The first-order chi connectivity index (χ1) is 8.70. The number of alkyl halides is 1. The maximum atomic E-state index is 6.25. The molecule has 1 fully saturated rings. The van der Waals surface area contributed by atoms with E-state index in [0.717, 1.165) is 21.8 Å². The van der Waals surface area contributed by atoms with Gasteiger partial charge in [-0.1, -0.05) is 65.5 Å². The normalized spacial score (nSPS) is 25.9. The highest BCUT2D eigenvalue weighted by atomic mass is 79.9. The summed E-state index contributed by atoms with van der Waals surface area (Å²) in [7, 11) is 0. The van der Waals surface area contributed by atoms with Crippen LogP contribution in [0.25, 0.3) is 0 Å². The van der Waals surface area contributed by atoms with Crippen LogP contribution < -0.4 is 0 Å². The molecule has 1 aliphatic carbocycles. The van der Waals surface area contributed by atoms with E-state index in [9.17, 15) is 0 Å². The van der Waals surface area contributed by atoms with Crippen molar-refractivity contribution in [2.24, 2.45) is 5.92 Å². The van der Waals surface area contributed by atoms with E-state index in [-0.39, 0.29) is 6.10 Å². The number of rotatable bonds is 4. The molecule has 0 aromatic heterocycles. The fourth-order valence-corrected chi connectivity index (χ4v) is 3.42. The highest BCUT2D eigenvalue weighted by Crippen LogP contribution is 2.33. The Balaban J connectivity index is 2.03. The summed E-state index contributed by atoms with van der Waals surface area (Å²) in [5, 5.41) is 1.59. The zero-order chi connectivity index (χ0) is 13.0. The molecule has 3 unspecified atom stereocenters. The standard InChI is InChI=1S/C15H20BrClO/c1-11-5-4-6-12(9-11)18-15(10-16)13-7-2-3-8-14(13)17/h2-3,7-8,11-12,15H,4-6,9-10H2,1H3. The van der Waals surface area contributed by atoms with Crippen LogP contribution in [0.1, 0.15) is 44.3 Å². The summed E-state index contributed by atoms with van der Waals surface area (Å²) in [6.07, 6.45) is 5.42. The molecule has 0 saturated heterocycles. The molecule has 100 valence electrons. The van der Waals surface area contributed by atoms with Crippen LogP contribution >= 0.6 is 27.5 Å². The van der Waals surface area contributed by atoms with Gasteiger partial charge >= 0.3 is 0 Å². The lowest BCUT2D eigenvalue weighted by Crippen LogP contribution is -2.24. The van der Waals surface area contributed by atoms with Crippen LogP contribution in [0.3, 0.4) is 0 Å². The van der Waals surface area contributed by atoms with Crippen LogP contribution in [0.2, 0.25) is 5.02 Å². The Hall–Kier alpha value is -0.0500.